The molecule has 4 rings (SSSR count). The molecule has 2 saturated carbocycles. The molecule has 0 aromatic heterocycles. The van der Waals surface area contributed by atoms with Gasteiger partial charge in [-0.25, -0.2) is 0 Å². The fraction of sp³-hybridized carbons (Fsp3) is 0.462. The van der Waals surface area contributed by atoms with Crippen LogP contribution in [0.1, 0.15) is 49.7 Å². The average molecular weight is 548 g/mol. The summed E-state index contributed by atoms with van der Waals surface area (Å²) < 4.78 is 90.0. The lowest BCUT2D eigenvalue weighted by atomic mass is 10.1. The van der Waals surface area contributed by atoms with Crippen LogP contribution in [0.5, 0.6) is 11.5 Å². The molecule has 0 N–H and O–H groups in total. The van der Waals surface area contributed by atoms with Crippen molar-refractivity contribution in [2.75, 3.05) is 13.2 Å². The smallest absolute Gasteiger partial charge is 0.466 e. The van der Waals surface area contributed by atoms with E-state index in [2.05, 4.69) is 9.47 Å². The number of halogens is 6. The zero-order valence-corrected chi connectivity index (χ0v) is 20.5. The van der Waals surface area contributed by atoms with Gasteiger partial charge in [0.2, 0.25) is 0 Å². The SMILES string of the molecule is CCOC(=O)C1CC1c1cccc(OC(F)(F)F)c1.CCOC(=O)C1CC1c1cccc(OC(F)(F)F)c1. The van der Waals surface area contributed by atoms with Crippen LogP contribution < -0.4 is 9.47 Å². The predicted molar refractivity (Wildman–Crippen MR) is 121 cm³/mol. The first-order valence-electron chi connectivity index (χ1n) is 11.9. The van der Waals surface area contributed by atoms with Crippen LogP contribution in [0.3, 0.4) is 0 Å². The fourth-order valence-corrected chi connectivity index (χ4v) is 4.03. The molecule has 2 aromatic rings. The largest absolute Gasteiger partial charge is 0.573 e. The van der Waals surface area contributed by atoms with E-state index >= 15 is 0 Å². The van der Waals surface area contributed by atoms with Crippen LogP contribution in [0.15, 0.2) is 48.5 Å². The molecule has 0 saturated heterocycles. The van der Waals surface area contributed by atoms with E-state index in [-0.39, 0.29) is 47.1 Å². The highest BCUT2D eigenvalue weighted by molar-refractivity contribution is 5.78. The van der Waals surface area contributed by atoms with Gasteiger partial charge in [0.25, 0.3) is 0 Å². The third-order valence-electron chi connectivity index (χ3n) is 5.80. The molecule has 0 amide bonds. The Kier molecular flexibility index (Phi) is 9.16. The van der Waals surface area contributed by atoms with Crippen LogP contribution in [0.2, 0.25) is 0 Å². The predicted octanol–water partition coefficient (Wildman–Crippen LogP) is 6.50. The molecule has 2 aromatic carbocycles. The second-order valence-corrected chi connectivity index (χ2v) is 8.64. The van der Waals surface area contributed by atoms with Crippen molar-refractivity contribution in [3.05, 3.63) is 59.7 Å². The van der Waals surface area contributed by atoms with Gasteiger partial charge in [0.05, 0.1) is 25.0 Å². The lowest BCUT2D eigenvalue weighted by Gasteiger charge is -2.10. The van der Waals surface area contributed by atoms with Crippen LogP contribution in [-0.2, 0) is 19.1 Å². The first-order chi connectivity index (χ1) is 17.8. The topological polar surface area (TPSA) is 71.1 Å². The Morgan fingerprint density at radius 3 is 1.39 bits per heavy atom. The van der Waals surface area contributed by atoms with Crippen molar-refractivity contribution < 1.29 is 54.9 Å². The summed E-state index contributed by atoms with van der Waals surface area (Å²) in [6.07, 6.45) is -8.20. The molecule has 6 nitrogen and oxygen atoms in total. The van der Waals surface area contributed by atoms with E-state index < -0.39 is 12.7 Å². The van der Waals surface area contributed by atoms with Crippen molar-refractivity contribution in [2.24, 2.45) is 11.8 Å². The number of benzene rings is 2. The summed E-state index contributed by atoms with van der Waals surface area (Å²) in [5, 5.41) is 0. The summed E-state index contributed by atoms with van der Waals surface area (Å²) in [6.45, 7) is 4.04. The number of carbonyl (C=O) groups is 2. The minimum atomic E-state index is -4.71. The highest BCUT2D eigenvalue weighted by Crippen LogP contribution is 2.49. The highest BCUT2D eigenvalue weighted by atomic mass is 19.4. The van der Waals surface area contributed by atoms with Gasteiger partial charge in [-0.15, -0.1) is 26.3 Å². The molecule has 2 aliphatic carbocycles. The minimum absolute atomic E-state index is 0.0733. The van der Waals surface area contributed by atoms with Crippen LogP contribution in [0, 0.1) is 11.8 Å². The monoisotopic (exact) mass is 548 g/mol. The van der Waals surface area contributed by atoms with Crippen LogP contribution >= 0.6 is 0 Å². The van der Waals surface area contributed by atoms with Crippen LogP contribution in [0.25, 0.3) is 0 Å². The molecule has 4 unspecified atom stereocenters. The Morgan fingerprint density at radius 2 is 1.08 bits per heavy atom. The normalized spacial score (nSPS) is 21.9. The van der Waals surface area contributed by atoms with Gasteiger partial charge < -0.3 is 18.9 Å². The molecular formula is C26H26F6O6. The van der Waals surface area contributed by atoms with E-state index in [1.54, 1.807) is 26.0 Å². The van der Waals surface area contributed by atoms with Crippen LogP contribution in [0.4, 0.5) is 26.3 Å². The maximum absolute atomic E-state index is 12.1. The molecule has 0 heterocycles. The molecule has 2 fully saturated rings. The minimum Gasteiger partial charge on any atom is -0.466 e. The van der Waals surface area contributed by atoms with Crippen molar-refractivity contribution in [1.82, 2.24) is 0 Å². The highest BCUT2D eigenvalue weighted by Gasteiger charge is 2.46. The summed E-state index contributed by atoms with van der Waals surface area (Å²) >= 11 is 0. The third-order valence-corrected chi connectivity index (χ3v) is 5.80. The Bertz CT molecular complexity index is 1030. The molecule has 0 aliphatic heterocycles. The number of esters is 2. The lowest BCUT2D eigenvalue weighted by molar-refractivity contribution is -0.275. The number of carbonyl (C=O) groups excluding carboxylic acids is 2. The standard InChI is InChI=1S/2C13H13F3O3/c2*1-2-18-12(17)11-7-10(11)8-4-3-5-9(6-8)19-13(14,15)16/h2*3-6,10-11H,2,7H2,1H3. The Balaban J connectivity index is 0.000000211. The van der Waals surface area contributed by atoms with Crippen molar-refractivity contribution >= 4 is 11.9 Å². The number of hydrogen-bond donors (Lipinski definition) is 0. The van der Waals surface area contributed by atoms with Gasteiger partial charge in [-0.1, -0.05) is 24.3 Å². The van der Waals surface area contributed by atoms with E-state index in [4.69, 9.17) is 9.47 Å². The summed E-state index contributed by atoms with van der Waals surface area (Å²) in [5.41, 5.74) is 1.33. The molecule has 0 radical (unpaired) electrons. The molecule has 4 atom stereocenters. The molecule has 38 heavy (non-hydrogen) atoms. The van der Waals surface area contributed by atoms with Gasteiger partial charge in [0.1, 0.15) is 11.5 Å². The van der Waals surface area contributed by atoms with Gasteiger partial charge in [-0.2, -0.15) is 0 Å². The molecule has 12 heteroatoms. The molecule has 2 aliphatic rings. The molecule has 0 bridgehead atoms. The van der Waals surface area contributed by atoms with Gasteiger partial charge in [0, 0.05) is 0 Å². The van der Waals surface area contributed by atoms with Crippen molar-refractivity contribution in [3.8, 4) is 11.5 Å². The van der Waals surface area contributed by atoms with Crippen molar-refractivity contribution in [3.63, 3.8) is 0 Å². The number of ether oxygens (including phenoxy) is 4. The number of hydrogen-bond acceptors (Lipinski definition) is 6. The third kappa shape index (κ3) is 8.84. The molecule has 0 spiro atoms. The van der Waals surface area contributed by atoms with Crippen LogP contribution in [-0.4, -0.2) is 37.9 Å². The van der Waals surface area contributed by atoms with E-state index in [1.165, 1.54) is 36.4 Å². The lowest BCUT2D eigenvalue weighted by Crippen LogP contribution is -2.17. The van der Waals surface area contributed by atoms with Crippen molar-refractivity contribution in [1.29, 1.82) is 0 Å². The van der Waals surface area contributed by atoms with Gasteiger partial charge in [-0.3, -0.25) is 9.59 Å². The van der Waals surface area contributed by atoms with Gasteiger partial charge in [0.15, 0.2) is 0 Å². The fourth-order valence-electron chi connectivity index (χ4n) is 4.03. The first-order valence-corrected chi connectivity index (χ1v) is 11.9. The van der Waals surface area contributed by atoms with E-state index in [0.29, 0.717) is 37.2 Å². The van der Waals surface area contributed by atoms with E-state index in [9.17, 15) is 35.9 Å². The van der Waals surface area contributed by atoms with Gasteiger partial charge in [-0.05, 0) is 73.9 Å². The van der Waals surface area contributed by atoms with Crippen molar-refractivity contribution in [2.45, 2.75) is 51.2 Å². The maximum Gasteiger partial charge on any atom is 0.573 e. The second-order valence-electron chi connectivity index (χ2n) is 8.64. The van der Waals surface area contributed by atoms with E-state index in [1.807, 2.05) is 0 Å². The summed E-state index contributed by atoms with van der Waals surface area (Å²) in [7, 11) is 0. The molecule has 208 valence electrons. The van der Waals surface area contributed by atoms with E-state index in [0.717, 1.165) is 0 Å². The summed E-state index contributed by atoms with van der Waals surface area (Å²) in [4.78, 5) is 22.9. The Hall–Kier alpha value is -3.44. The second kappa shape index (κ2) is 12.0. The first kappa shape index (κ1) is 29.1. The Labute approximate surface area is 214 Å². The summed E-state index contributed by atoms with van der Waals surface area (Å²) in [5.74, 6) is -1.77. The molecular weight excluding hydrogens is 522 g/mol. The average Bonchev–Trinajstić information content (AvgIpc) is 3.72. The maximum atomic E-state index is 12.1. The number of rotatable bonds is 8. The zero-order valence-electron chi connectivity index (χ0n) is 20.5. The quantitative estimate of drug-likeness (QED) is 0.277. The number of alkyl halides is 6. The Morgan fingerprint density at radius 1 is 0.711 bits per heavy atom. The zero-order chi connectivity index (χ0) is 28.1. The summed E-state index contributed by atoms with van der Waals surface area (Å²) in [6, 6.07) is 11.4. The van der Waals surface area contributed by atoms with Gasteiger partial charge >= 0.3 is 24.7 Å².